The van der Waals surface area contributed by atoms with Crippen molar-refractivity contribution in [2.24, 2.45) is 0 Å². The Balaban J connectivity index is 0. The van der Waals surface area contributed by atoms with Crippen LogP contribution in [0.1, 0.15) is 0 Å². The summed E-state index contributed by atoms with van der Waals surface area (Å²) in [5.41, 5.74) is 1.13. The first-order valence-corrected chi connectivity index (χ1v) is 4.74. The summed E-state index contributed by atoms with van der Waals surface area (Å²) in [5, 5.41) is 2.02. The number of rotatable bonds is 1. The summed E-state index contributed by atoms with van der Waals surface area (Å²) in [4.78, 5) is 16.7. The molecule has 2 rings (SSSR count). The van der Waals surface area contributed by atoms with E-state index < -0.39 is 0 Å². The van der Waals surface area contributed by atoms with Gasteiger partial charge in [0, 0.05) is 0 Å². The zero-order valence-corrected chi connectivity index (χ0v) is 11.2. The van der Waals surface area contributed by atoms with Crippen LogP contribution in [0.2, 0.25) is 0 Å². The smallest absolute Gasteiger partial charge is 0.545 e. The topological polar surface area (TPSA) is 34.1 Å². The summed E-state index contributed by atoms with van der Waals surface area (Å²) in [6.45, 7) is 6.50. The van der Waals surface area contributed by atoms with E-state index in [4.69, 9.17) is 9.59 Å². The first-order valence-electron chi connectivity index (χ1n) is 3.86. The minimum Gasteiger partial charge on any atom is -0.545 e. The minimum atomic E-state index is 0. The van der Waals surface area contributed by atoms with Gasteiger partial charge in [-0.05, 0) is 0 Å². The molecule has 0 aliphatic carbocycles. The van der Waals surface area contributed by atoms with E-state index in [2.05, 4.69) is 25.7 Å². The van der Waals surface area contributed by atoms with Crippen LogP contribution in [0.15, 0.2) is 35.7 Å². The van der Waals surface area contributed by atoms with E-state index in [1.165, 1.54) is 0 Å². The molecule has 2 nitrogen and oxygen atoms in total. The second-order valence-electron chi connectivity index (χ2n) is 2.17. The summed E-state index contributed by atoms with van der Waals surface area (Å²) >= 11 is 1.69. The van der Waals surface area contributed by atoms with Gasteiger partial charge in [0.15, 0.2) is 0 Å². The van der Waals surface area contributed by atoms with Gasteiger partial charge in [-0.3, -0.25) is 24.9 Å². The molecule has 0 fully saturated rings. The van der Waals surface area contributed by atoms with Crippen LogP contribution in [0.3, 0.4) is 0 Å². The zero-order chi connectivity index (χ0) is 11.5. The molecule has 0 radical (unpaired) electrons. The zero-order valence-electron chi connectivity index (χ0n) is 8.16. The molecule has 1 aromatic carbocycles. The summed E-state index contributed by atoms with van der Waals surface area (Å²) in [5.74, 6) is 0. The van der Waals surface area contributed by atoms with Gasteiger partial charge in [-0.15, -0.1) is 11.4 Å². The fourth-order valence-electron chi connectivity index (χ4n) is 0.922. The van der Waals surface area contributed by atoms with Gasteiger partial charge >= 0.3 is 21.1 Å². The van der Waals surface area contributed by atoms with E-state index in [1.807, 2.05) is 35.7 Å². The van der Waals surface area contributed by atoms with E-state index in [0.717, 1.165) is 10.4 Å². The Morgan fingerprint density at radius 2 is 1.69 bits per heavy atom. The van der Waals surface area contributed by atoms with E-state index in [9.17, 15) is 0 Å². The van der Waals surface area contributed by atoms with E-state index in [-0.39, 0.29) is 21.1 Å². The van der Waals surface area contributed by atoms with Crippen molar-refractivity contribution in [2.45, 2.75) is 0 Å². The summed E-state index contributed by atoms with van der Waals surface area (Å²) < 4.78 is 0. The molecular formula is C12H8O2PtS. The van der Waals surface area contributed by atoms with Crippen molar-refractivity contribution in [1.29, 1.82) is 0 Å². The second kappa shape index (κ2) is 12.0. The van der Waals surface area contributed by atoms with Gasteiger partial charge in [-0.25, -0.2) is 17.7 Å². The fraction of sp³-hybridized carbons (Fsp3) is 0. The van der Waals surface area contributed by atoms with E-state index >= 15 is 0 Å². The Kier molecular flexibility index (Phi) is 13.0. The molecule has 0 unspecified atom stereocenters. The molecule has 0 bridgehead atoms. The largest absolute Gasteiger partial charge is 4.00 e. The maximum atomic E-state index is 7.75. The number of hydrogen-bond donors (Lipinski definition) is 0. The molecule has 0 aliphatic heterocycles. The predicted octanol–water partition coefficient (Wildman–Crippen LogP) is 2.46. The molecule has 0 saturated heterocycles. The minimum absolute atomic E-state index is 0. The van der Waals surface area contributed by atoms with Crippen LogP contribution in [0.4, 0.5) is 0 Å². The Bertz CT molecular complexity index is 346. The van der Waals surface area contributed by atoms with Crippen LogP contribution in [0, 0.1) is 12.1 Å². The number of benzene rings is 1. The molecule has 0 N–H and O–H groups in total. The van der Waals surface area contributed by atoms with Crippen molar-refractivity contribution in [3.63, 3.8) is 0 Å². The van der Waals surface area contributed by atoms with Crippen LogP contribution >= 0.6 is 11.3 Å². The average Bonchev–Trinajstić information content (AvgIpc) is 2.89. The third kappa shape index (κ3) is 5.74. The Hall–Kier alpha value is -1.05. The molecule has 0 aliphatic rings. The van der Waals surface area contributed by atoms with Gasteiger partial charge in [0.1, 0.15) is 0 Å². The quantitative estimate of drug-likeness (QED) is 0.534. The molecule has 0 spiro atoms. The van der Waals surface area contributed by atoms with Crippen LogP contribution in [0.5, 0.6) is 0 Å². The number of thiophene rings is 1. The first-order chi connectivity index (χ1) is 7.47. The molecule has 1 heterocycles. The molecular weight excluding hydrogens is 403 g/mol. The molecule has 0 atom stereocenters. The Labute approximate surface area is 114 Å². The predicted molar refractivity (Wildman–Crippen MR) is 60.9 cm³/mol. The molecule has 4 heteroatoms. The first kappa shape index (κ1) is 17.3. The van der Waals surface area contributed by atoms with Crippen molar-refractivity contribution in [3.05, 3.63) is 47.8 Å². The average molecular weight is 411 g/mol. The van der Waals surface area contributed by atoms with Crippen molar-refractivity contribution < 1.29 is 30.7 Å². The van der Waals surface area contributed by atoms with Gasteiger partial charge in [-0.1, -0.05) is 0 Å². The molecule has 0 saturated carbocycles. The van der Waals surface area contributed by atoms with Crippen LogP contribution in [0.25, 0.3) is 10.4 Å². The SMILES string of the molecule is [CH-]=O.[CH-]=O.[Pt+4].[c-]1ccccc1-c1[c-]ccs1. The molecule has 84 valence electrons. The normalized spacial score (nSPS) is 7.25. The van der Waals surface area contributed by atoms with Crippen molar-refractivity contribution >= 4 is 24.9 Å². The van der Waals surface area contributed by atoms with Gasteiger partial charge < -0.3 is 9.59 Å². The third-order valence-corrected chi connectivity index (χ3v) is 2.27. The van der Waals surface area contributed by atoms with Gasteiger partial charge in [0.25, 0.3) is 0 Å². The standard InChI is InChI=1S/C10H6S.2CHO.Pt/c1-2-5-9(6-3-1)10-7-4-8-11-10;2*1-2;/h1-5,8H;2*1H;/q-2;2*-1;+4. The maximum absolute atomic E-state index is 7.75. The Morgan fingerprint density at radius 1 is 1.00 bits per heavy atom. The molecule has 0 amide bonds. The number of hydrogen-bond acceptors (Lipinski definition) is 3. The van der Waals surface area contributed by atoms with Crippen LogP contribution in [-0.2, 0) is 30.7 Å². The summed E-state index contributed by atoms with van der Waals surface area (Å²) in [6, 6.07) is 16.2. The van der Waals surface area contributed by atoms with Crippen molar-refractivity contribution in [2.75, 3.05) is 0 Å². The van der Waals surface area contributed by atoms with Gasteiger partial charge in [-0.2, -0.15) is 29.1 Å². The van der Waals surface area contributed by atoms with Gasteiger partial charge in [0.2, 0.25) is 0 Å². The van der Waals surface area contributed by atoms with E-state index in [0.29, 0.717) is 0 Å². The molecule has 1 aromatic heterocycles. The van der Waals surface area contributed by atoms with Gasteiger partial charge in [0.05, 0.1) is 0 Å². The summed E-state index contributed by atoms with van der Waals surface area (Å²) in [6.07, 6.45) is 0. The number of carbonyl (C=O) groups excluding carboxylic acids is 2. The fourth-order valence-corrected chi connectivity index (χ4v) is 1.58. The van der Waals surface area contributed by atoms with E-state index in [1.54, 1.807) is 11.3 Å². The van der Waals surface area contributed by atoms with Crippen molar-refractivity contribution in [3.8, 4) is 10.4 Å². The molecule has 2 aromatic rings. The Morgan fingerprint density at radius 3 is 2.12 bits per heavy atom. The van der Waals surface area contributed by atoms with Crippen LogP contribution in [-0.4, -0.2) is 13.6 Å². The molecule has 16 heavy (non-hydrogen) atoms. The second-order valence-corrected chi connectivity index (χ2v) is 3.09. The third-order valence-electron chi connectivity index (χ3n) is 1.42. The maximum Gasteiger partial charge on any atom is 4.00 e. The van der Waals surface area contributed by atoms with Crippen molar-refractivity contribution in [1.82, 2.24) is 0 Å². The summed E-state index contributed by atoms with van der Waals surface area (Å²) in [7, 11) is 0. The van der Waals surface area contributed by atoms with Crippen LogP contribution < -0.4 is 0 Å². The monoisotopic (exact) mass is 411 g/mol.